The van der Waals surface area contributed by atoms with Crippen LogP contribution in [0.15, 0.2) is 18.2 Å². The fraction of sp³-hybridized carbons (Fsp3) is 0.333. The Hall–Kier alpha value is -0.910. The highest BCUT2D eigenvalue weighted by Gasteiger charge is 2.24. The van der Waals surface area contributed by atoms with Crippen molar-refractivity contribution in [3.8, 4) is 0 Å². The molecular weight excluding hydrogens is 323 g/mol. The summed E-state index contributed by atoms with van der Waals surface area (Å²) in [5, 5.41) is 18.2. The van der Waals surface area contributed by atoms with Crippen LogP contribution in [-0.2, 0) is 10.1 Å². The summed E-state index contributed by atoms with van der Waals surface area (Å²) in [6, 6.07) is 4.65. The lowest BCUT2D eigenvalue weighted by atomic mass is 9.96. The summed E-state index contributed by atoms with van der Waals surface area (Å²) in [5.41, 5.74) is 0.970. The van der Waals surface area contributed by atoms with E-state index in [2.05, 4.69) is 15.9 Å². The number of aliphatic carboxylic acids is 1. The number of halogens is 2. The maximum Gasteiger partial charge on any atom is 0.337 e. The van der Waals surface area contributed by atoms with Gasteiger partial charge >= 0.3 is 5.97 Å². The van der Waals surface area contributed by atoms with Crippen LogP contribution in [0.5, 0.6) is 0 Å². The second-order valence-corrected chi connectivity index (χ2v) is 4.99. The van der Waals surface area contributed by atoms with Crippen LogP contribution in [-0.4, -0.2) is 27.3 Å². The Morgan fingerprint density at radius 3 is 2.50 bits per heavy atom. The number of hydrogen-bond acceptors (Lipinski definition) is 3. The van der Waals surface area contributed by atoms with Gasteiger partial charge < -0.3 is 10.2 Å². The van der Waals surface area contributed by atoms with Crippen molar-refractivity contribution < 1.29 is 19.8 Å². The summed E-state index contributed by atoms with van der Waals surface area (Å²) in [6.07, 6.45) is -1.74. The number of carboxylic acid groups (broad SMARTS) is 1. The normalized spacial score (nSPS) is 14.0. The summed E-state index contributed by atoms with van der Waals surface area (Å²) in [7, 11) is 0. The number of aliphatic hydroxyl groups excluding tert-OH is 1. The number of carbonyl (C=O) groups is 2. The monoisotopic (exact) mass is 334 g/mol. The first-order valence-corrected chi connectivity index (χ1v) is 6.72. The Morgan fingerprint density at radius 2 is 2.06 bits per heavy atom. The van der Waals surface area contributed by atoms with Gasteiger partial charge in [-0.25, -0.2) is 4.79 Å². The number of alkyl halides is 2. The van der Waals surface area contributed by atoms with E-state index in [1.54, 1.807) is 6.07 Å². The van der Waals surface area contributed by atoms with Crippen LogP contribution < -0.4 is 0 Å². The van der Waals surface area contributed by atoms with Gasteiger partial charge in [-0.2, -0.15) is 0 Å². The summed E-state index contributed by atoms with van der Waals surface area (Å²) in [6.45, 7) is 1.50. The molecule has 0 saturated heterocycles. The molecule has 0 fully saturated rings. The van der Waals surface area contributed by atoms with Crippen LogP contribution in [0, 0.1) is 0 Å². The summed E-state index contributed by atoms with van der Waals surface area (Å²) >= 11 is 8.93. The molecule has 0 radical (unpaired) electrons. The standard InChI is InChI=1S/C12H12BrClO4/c1-6(14)10(15)8-3-2-7(5-13)4-9(8)11(16)12(17)18/h2-4,6,11,16H,5H2,1H3,(H,17,18). The molecule has 6 heteroatoms. The van der Waals surface area contributed by atoms with E-state index in [1.165, 1.54) is 19.1 Å². The molecule has 0 aliphatic heterocycles. The van der Waals surface area contributed by atoms with E-state index in [1.807, 2.05) is 0 Å². The molecule has 1 rings (SSSR count). The Kier molecular flexibility index (Phi) is 5.31. The second kappa shape index (κ2) is 6.31. The number of ketones is 1. The van der Waals surface area contributed by atoms with Gasteiger partial charge in [0, 0.05) is 16.5 Å². The van der Waals surface area contributed by atoms with Gasteiger partial charge in [0.2, 0.25) is 0 Å². The molecule has 98 valence electrons. The number of aliphatic hydroxyl groups is 1. The van der Waals surface area contributed by atoms with Crippen molar-refractivity contribution in [1.82, 2.24) is 0 Å². The molecule has 2 atom stereocenters. The molecule has 0 aliphatic rings. The zero-order valence-electron chi connectivity index (χ0n) is 9.56. The first kappa shape index (κ1) is 15.1. The van der Waals surface area contributed by atoms with Crippen molar-refractivity contribution in [2.45, 2.75) is 23.7 Å². The highest BCUT2D eigenvalue weighted by molar-refractivity contribution is 9.08. The molecule has 18 heavy (non-hydrogen) atoms. The second-order valence-electron chi connectivity index (χ2n) is 3.78. The molecule has 0 bridgehead atoms. The molecule has 0 amide bonds. The molecular formula is C12H12BrClO4. The lowest BCUT2D eigenvalue weighted by Gasteiger charge is -2.13. The number of hydrogen-bond donors (Lipinski definition) is 2. The molecule has 2 unspecified atom stereocenters. The van der Waals surface area contributed by atoms with Crippen molar-refractivity contribution in [2.75, 3.05) is 0 Å². The Bertz CT molecular complexity index is 473. The van der Waals surface area contributed by atoms with Crippen molar-refractivity contribution >= 4 is 39.3 Å². The molecule has 0 aliphatic carbocycles. The van der Waals surface area contributed by atoms with E-state index in [4.69, 9.17) is 16.7 Å². The van der Waals surface area contributed by atoms with E-state index >= 15 is 0 Å². The predicted octanol–water partition coefficient (Wildman–Crippen LogP) is 2.51. The summed E-state index contributed by atoms with van der Waals surface area (Å²) < 4.78 is 0. The van der Waals surface area contributed by atoms with Gasteiger partial charge in [0.15, 0.2) is 11.9 Å². The average molecular weight is 336 g/mol. The molecule has 2 N–H and O–H groups in total. The summed E-state index contributed by atoms with van der Waals surface area (Å²) in [5.74, 6) is -1.81. The lowest BCUT2D eigenvalue weighted by molar-refractivity contribution is -0.146. The van der Waals surface area contributed by atoms with Crippen molar-refractivity contribution in [2.24, 2.45) is 0 Å². The first-order chi connectivity index (χ1) is 8.38. The molecule has 0 heterocycles. The van der Waals surface area contributed by atoms with E-state index in [9.17, 15) is 14.7 Å². The number of carboxylic acids is 1. The van der Waals surface area contributed by atoms with Gasteiger partial charge in [-0.05, 0) is 12.5 Å². The maximum atomic E-state index is 11.8. The zero-order valence-corrected chi connectivity index (χ0v) is 11.9. The first-order valence-electron chi connectivity index (χ1n) is 5.16. The van der Waals surface area contributed by atoms with Gasteiger partial charge in [-0.1, -0.05) is 34.1 Å². The molecule has 1 aromatic carbocycles. The highest BCUT2D eigenvalue weighted by Crippen LogP contribution is 2.23. The Morgan fingerprint density at radius 1 is 1.44 bits per heavy atom. The van der Waals surface area contributed by atoms with Crippen LogP contribution in [0.1, 0.15) is 34.5 Å². The number of benzene rings is 1. The maximum absolute atomic E-state index is 11.8. The minimum Gasteiger partial charge on any atom is -0.479 e. The topological polar surface area (TPSA) is 74.6 Å². The quantitative estimate of drug-likeness (QED) is 0.640. The van der Waals surface area contributed by atoms with E-state index in [-0.39, 0.29) is 11.1 Å². The number of Topliss-reactive ketones (excluding diaryl/α,β-unsaturated/α-hetero) is 1. The highest BCUT2D eigenvalue weighted by atomic mass is 79.9. The molecule has 4 nitrogen and oxygen atoms in total. The molecule has 1 aromatic rings. The lowest BCUT2D eigenvalue weighted by Crippen LogP contribution is -2.19. The van der Waals surface area contributed by atoms with Gasteiger partial charge in [-0.15, -0.1) is 11.6 Å². The third kappa shape index (κ3) is 3.31. The van der Waals surface area contributed by atoms with Crippen LogP contribution in [0.2, 0.25) is 0 Å². The predicted molar refractivity (Wildman–Crippen MR) is 71.3 cm³/mol. The zero-order chi connectivity index (χ0) is 13.9. The molecule has 0 aromatic heterocycles. The van der Waals surface area contributed by atoms with E-state index < -0.39 is 23.2 Å². The van der Waals surface area contributed by atoms with Crippen LogP contribution >= 0.6 is 27.5 Å². The largest absolute Gasteiger partial charge is 0.479 e. The van der Waals surface area contributed by atoms with Crippen molar-refractivity contribution in [3.63, 3.8) is 0 Å². The number of rotatable bonds is 5. The fourth-order valence-electron chi connectivity index (χ4n) is 1.49. The van der Waals surface area contributed by atoms with Crippen molar-refractivity contribution in [3.05, 3.63) is 34.9 Å². The smallest absolute Gasteiger partial charge is 0.337 e. The Balaban J connectivity index is 3.33. The van der Waals surface area contributed by atoms with Crippen molar-refractivity contribution in [1.29, 1.82) is 0 Å². The average Bonchev–Trinajstić information content (AvgIpc) is 2.35. The number of carbonyl (C=O) groups excluding carboxylic acids is 1. The van der Waals surface area contributed by atoms with E-state index in [0.717, 1.165) is 5.56 Å². The molecule has 0 spiro atoms. The minimum absolute atomic E-state index is 0.0666. The van der Waals surface area contributed by atoms with Crippen LogP contribution in [0.3, 0.4) is 0 Å². The SMILES string of the molecule is CC(Cl)C(=O)c1ccc(CBr)cc1C(O)C(=O)O. The molecule has 0 saturated carbocycles. The fourth-order valence-corrected chi connectivity index (χ4v) is 1.96. The van der Waals surface area contributed by atoms with E-state index in [0.29, 0.717) is 5.33 Å². The minimum atomic E-state index is -1.74. The van der Waals surface area contributed by atoms with Crippen LogP contribution in [0.4, 0.5) is 0 Å². The van der Waals surface area contributed by atoms with Gasteiger partial charge in [-0.3, -0.25) is 4.79 Å². The Labute approximate surface area is 118 Å². The third-order valence-corrected chi connectivity index (χ3v) is 3.27. The third-order valence-electron chi connectivity index (χ3n) is 2.43. The summed E-state index contributed by atoms with van der Waals surface area (Å²) in [4.78, 5) is 22.7. The van der Waals surface area contributed by atoms with Gasteiger partial charge in [0.25, 0.3) is 0 Å². The van der Waals surface area contributed by atoms with Crippen LogP contribution in [0.25, 0.3) is 0 Å². The van der Waals surface area contributed by atoms with Gasteiger partial charge in [0.05, 0.1) is 5.38 Å². The van der Waals surface area contributed by atoms with Gasteiger partial charge in [0.1, 0.15) is 0 Å².